The minimum atomic E-state index is -0.534. The van der Waals surface area contributed by atoms with Crippen LogP contribution in [0.5, 0.6) is 0 Å². The van der Waals surface area contributed by atoms with Gasteiger partial charge in [-0.25, -0.2) is 9.59 Å². The van der Waals surface area contributed by atoms with Crippen molar-refractivity contribution in [2.24, 2.45) is 0 Å². The van der Waals surface area contributed by atoms with Crippen LogP contribution in [-0.4, -0.2) is 60.5 Å². The van der Waals surface area contributed by atoms with Crippen molar-refractivity contribution in [2.45, 2.75) is 33.3 Å². The maximum atomic E-state index is 11.6. The van der Waals surface area contributed by atoms with E-state index in [1.54, 1.807) is 20.8 Å². The van der Waals surface area contributed by atoms with Crippen molar-refractivity contribution >= 4 is 12.1 Å². The molecule has 7 heteroatoms. The van der Waals surface area contributed by atoms with Crippen molar-refractivity contribution in [1.29, 1.82) is 0 Å². The van der Waals surface area contributed by atoms with Crippen molar-refractivity contribution in [3.8, 4) is 0 Å². The molecular formula is C12H25N3O4. The Labute approximate surface area is 114 Å². The smallest absolute Gasteiger partial charge is 0.407 e. The Bertz CT molecular complexity index is 289. The first-order valence-electron chi connectivity index (χ1n) is 6.40. The van der Waals surface area contributed by atoms with Crippen LogP contribution < -0.4 is 10.6 Å². The predicted octanol–water partition coefficient (Wildman–Crippen LogP) is 0.535. The molecule has 0 aromatic heterocycles. The predicted molar refractivity (Wildman–Crippen MR) is 72.0 cm³/mol. The van der Waals surface area contributed by atoms with Crippen molar-refractivity contribution in [2.75, 3.05) is 32.8 Å². The fourth-order valence-electron chi connectivity index (χ4n) is 1.28. The second-order valence-corrected chi connectivity index (χ2v) is 4.96. The molecule has 3 N–H and O–H groups in total. The van der Waals surface area contributed by atoms with Gasteiger partial charge in [0.15, 0.2) is 0 Å². The number of hydrogen-bond donors (Lipinski definition) is 3. The van der Waals surface area contributed by atoms with Gasteiger partial charge in [0.1, 0.15) is 5.60 Å². The van der Waals surface area contributed by atoms with E-state index in [4.69, 9.17) is 9.84 Å². The minimum absolute atomic E-state index is 0.0720. The number of nitrogens with one attached hydrogen (secondary N) is 2. The van der Waals surface area contributed by atoms with E-state index in [9.17, 15) is 9.59 Å². The molecule has 0 unspecified atom stereocenters. The first-order valence-corrected chi connectivity index (χ1v) is 6.40. The molecule has 0 heterocycles. The van der Waals surface area contributed by atoms with E-state index >= 15 is 0 Å². The third-order valence-corrected chi connectivity index (χ3v) is 2.11. The molecule has 19 heavy (non-hydrogen) atoms. The molecule has 0 atom stereocenters. The standard InChI is InChI=1S/C12H25N3O4/c1-5-15(8-9-16)10(17)13-6-7-14-11(18)19-12(2,3)4/h16H,5-9H2,1-4H3,(H,13,17)(H,14,18). The van der Waals surface area contributed by atoms with E-state index < -0.39 is 11.7 Å². The van der Waals surface area contributed by atoms with Gasteiger partial charge >= 0.3 is 12.1 Å². The van der Waals surface area contributed by atoms with E-state index in [1.807, 2.05) is 6.92 Å². The average molecular weight is 275 g/mol. The second kappa shape index (κ2) is 8.58. The van der Waals surface area contributed by atoms with Gasteiger partial charge in [0, 0.05) is 26.2 Å². The summed E-state index contributed by atoms with van der Waals surface area (Å²) in [6, 6.07) is -0.262. The summed E-state index contributed by atoms with van der Waals surface area (Å²) in [5, 5.41) is 14.0. The molecule has 0 spiro atoms. The van der Waals surface area contributed by atoms with Crippen LogP contribution in [0.2, 0.25) is 0 Å². The Morgan fingerprint density at radius 3 is 2.26 bits per heavy atom. The number of ether oxygens (including phenoxy) is 1. The molecule has 0 fully saturated rings. The van der Waals surface area contributed by atoms with E-state index in [0.717, 1.165) is 0 Å². The molecule has 0 saturated heterocycles. The fourth-order valence-corrected chi connectivity index (χ4v) is 1.28. The van der Waals surface area contributed by atoms with Crippen LogP contribution in [-0.2, 0) is 4.74 Å². The normalized spacial score (nSPS) is 10.8. The number of urea groups is 1. The zero-order chi connectivity index (χ0) is 14.9. The van der Waals surface area contributed by atoms with Crippen LogP contribution in [0.1, 0.15) is 27.7 Å². The van der Waals surface area contributed by atoms with Crippen molar-refractivity contribution in [3.63, 3.8) is 0 Å². The van der Waals surface area contributed by atoms with Crippen LogP contribution >= 0.6 is 0 Å². The Hall–Kier alpha value is -1.50. The summed E-state index contributed by atoms with van der Waals surface area (Å²) in [6.45, 7) is 8.50. The first-order chi connectivity index (χ1) is 8.80. The molecule has 0 aliphatic heterocycles. The summed E-state index contributed by atoms with van der Waals surface area (Å²) in [7, 11) is 0. The second-order valence-electron chi connectivity index (χ2n) is 4.96. The highest BCUT2D eigenvalue weighted by molar-refractivity contribution is 5.74. The van der Waals surface area contributed by atoms with Crippen molar-refractivity contribution in [1.82, 2.24) is 15.5 Å². The lowest BCUT2D eigenvalue weighted by Gasteiger charge is -2.21. The highest BCUT2D eigenvalue weighted by Crippen LogP contribution is 2.05. The number of rotatable bonds is 6. The van der Waals surface area contributed by atoms with Crippen LogP contribution in [0.3, 0.4) is 0 Å². The molecule has 0 radical (unpaired) electrons. The lowest BCUT2D eigenvalue weighted by molar-refractivity contribution is 0.0528. The number of carbonyl (C=O) groups is 2. The number of aliphatic hydroxyl groups excluding tert-OH is 1. The molecule has 7 nitrogen and oxygen atoms in total. The molecule has 0 rings (SSSR count). The molecule has 0 aromatic rings. The molecule has 3 amide bonds. The number of alkyl carbamates (subject to hydrolysis) is 1. The monoisotopic (exact) mass is 275 g/mol. The van der Waals surface area contributed by atoms with Gasteiger partial charge in [-0.15, -0.1) is 0 Å². The van der Waals surface area contributed by atoms with E-state index in [0.29, 0.717) is 19.6 Å². The van der Waals surface area contributed by atoms with E-state index in [-0.39, 0.29) is 19.2 Å². The number of aliphatic hydroxyl groups is 1. The zero-order valence-electron chi connectivity index (χ0n) is 12.2. The Kier molecular flexibility index (Phi) is 7.90. The zero-order valence-corrected chi connectivity index (χ0v) is 12.2. The summed E-state index contributed by atoms with van der Waals surface area (Å²) in [5.74, 6) is 0. The SMILES string of the molecule is CCN(CCO)C(=O)NCCNC(=O)OC(C)(C)C. The Balaban J connectivity index is 3.79. The largest absolute Gasteiger partial charge is 0.444 e. The van der Waals surface area contributed by atoms with E-state index in [1.165, 1.54) is 4.90 Å². The average Bonchev–Trinajstić information content (AvgIpc) is 2.29. The molecule has 0 aliphatic rings. The van der Waals surface area contributed by atoms with Crippen LogP contribution in [0.15, 0.2) is 0 Å². The van der Waals surface area contributed by atoms with Gasteiger partial charge in [-0.2, -0.15) is 0 Å². The van der Waals surface area contributed by atoms with Gasteiger partial charge in [-0.3, -0.25) is 0 Å². The number of hydrogen-bond acceptors (Lipinski definition) is 4. The van der Waals surface area contributed by atoms with E-state index in [2.05, 4.69) is 10.6 Å². The van der Waals surface area contributed by atoms with Gasteiger partial charge in [-0.1, -0.05) is 0 Å². The number of amides is 3. The molecule has 0 aromatic carbocycles. The quantitative estimate of drug-likeness (QED) is 0.617. The third-order valence-electron chi connectivity index (χ3n) is 2.11. The Morgan fingerprint density at radius 1 is 1.21 bits per heavy atom. The van der Waals surface area contributed by atoms with Gasteiger partial charge in [-0.05, 0) is 27.7 Å². The number of likely N-dealkylation sites (N-methyl/N-ethyl adjacent to an activating group) is 1. The number of nitrogens with zero attached hydrogens (tertiary/aromatic N) is 1. The van der Waals surface area contributed by atoms with Crippen molar-refractivity contribution in [3.05, 3.63) is 0 Å². The summed E-state index contributed by atoms with van der Waals surface area (Å²) in [5.41, 5.74) is -0.534. The molecule has 0 aliphatic carbocycles. The van der Waals surface area contributed by atoms with Crippen LogP contribution in [0.25, 0.3) is 0 Å². The molecule has 112 valence electrons. The topological polar surface area (TPSA) is 90.9 Å². The van der Waals surface area contributed by atoms with Gasteiger partial charge in [0.05, 0.1) is 6.61 Å². The summed E-state index contributed by atoms with van der Waals surface area (Å²) in [4.78, 5) is 24.4. The fraction of sp³-hybridized carbons (Fsp3) is 0.833. The highest BCUT2D eigenvalue weighted by atomic mass is 16.6. The summed E-state index contributed by atoms with van der Waals surface area (Å²) in [6.07, 6.45) is -0.510. The minimum Gasteiger partial charge on any atom is -0.444 e. The third kappa shape index (κ3) is 9.12. The van der Waals surface area contributed by atoms with Gasteiger partial charge < -0.3 is 25.4 Å². The van der Waals surface area contributed by atoms with Gasteiger partial charge in [0.25, 0.3) is 0 Å². The van der Waals surface area contributed by atoms with Crippen LogP contribution in [0.4, 0.5) is 9.59 Å². The molecule has 0 bridgehead atoms. The maximum absolute atomic E-state index is 11.6. The lowest BCUT2D eigenvalue weighted by Crippen LogP contribution is -2.44. The van der Waals surface area contributed by atoms with Gasteiger partial charge in [0.2, 0.25) is 0 Å². The Morgan fingerprint density at radius 2 is 1.79 bits per heavy atom. The lowest BCUT2D eigenvalue weighted by atomic mass is 10.2. The van der Waals surface area contributed by atoms with Crippen molar-refractivity contribution < 1.29 is 19.4 Å². The summed E-state index contributed by atoms with van der Waals surface area (Å²) < 4.78 is 5.05. The molecular weight excluding hydrogens is 250 g/mol. The molecule has 0 saturated carbocycles. The van der Waals surface area contributed by atoms with Crippen LogP contribution in [0, 0.1) is 0 Å². The maximum Gasteiger partial charge on any atom is 0.407 e. The summed E-state index contributed by atoms with van der Waals surface area (Å²) >= 11 is 0. The first kappa shape index (κ1) is 17.5. The number of carbonyl (C=O) groups excluding carboxylic acids is 2. The highest BCUT2D eigenvalue weighted by Gasteiger charge is 2.15.